The number of nitrogens with one attached hydrogen (secondary N) is 2. The van der Waals surface area contributed by atoms with Gasteiger partial charge in [-0.05, 0) is 31.2 Å². The fourth-order valence-electron chi connectivity index (χ4n) is 1.49. The second-order valence-electron chi connectivity index (χ2n) is 4.11. The summed E-state index contributed by atoms with van der Waals surface area (Å²) in [6, 6.07) is 8.25. The van der Waals surface area contributed by atoms with Crippen LogP contribution in [0, 0.1) is 12.3 Å². The van der Waals surface area contributed by atoms with E-state index in [2.05, 4.69) is 35.6 Å². The molecule has 1 aromatic rings. The van der Waals surface area contributed by atoms with Gasteiger partial charge in [0.15, 0.2) is 0 Å². The molecule has 1 aromatic carbocycles. The van der Waals surface area contributed by atoms with Crippen LogP contribution >= 0.6 is 11.8 Å². The highest BCUT2D eigenvalue weighted by Crippen LogP contribution is 2.23. The molecule has 0 bridgehead atoms. The van der Waals surface area contributed by atoms with Crippen molar-refractivity contribution in [3.63, 3.8) is 0 Å². The third kappa shape index (κ3) is 5.82. The number of hydrogen-bond donors (Lipinski definition) is 2. The monoisotopic (exact) mass is 276 g/mol. The SMILES string of the molecule is C#CCNC(=O)C(C)Sc1ccc(CNCC)cc1. The average molecular weight is 276 g/mol. The molecular formula is C15H20N2OS. The number of carbonyl (C=O) groups excluding carboxylic acids is 1. The summed E-state index contributed by atoms with van der Waals surface area (Å²) in [4.78, 5) is 12.8. The lowest BCUT2D eigenvalue weighted by Gasteiger charge is -2.11. The second-order valence-corrected chi connectivity index (χ2v) is 5.52. The van der Waals surface area contributed by atoms with Crippen molar-refractivity contribution < 1.29 is 4.79 Å². The van der Waals surface area contributed by atoms with Crippen LogP contribution in [0.3, 0.4) is 0 Å². The van der Waals surface area contributed by atoms with E-state index < -0.39 is 0 Å². The van der Waals surface area contributed by atoms with E-state index in [1.165, 1.54) is 17.3 Å². The minimum atomic E-state index is -0.145. The molecule has 3 nitrogen and oxygen atoms in total. The molecule has 0 aliphatic carbocycles. The lowest BCUT2D eigenvalue weighted by Crippen LogP contribution is -2.31. The van der Waals surface area contributed by atoms with Crippen molar-refractivity contribution in [3.8, 4) is 12.3 Å². The van der Waals surface area contributed by atoms with Gasteiger partial charge in [0.1, 0.15) is 0 Å². The van der Waals surface area contributed by atoms with E-state index in [4.69, 9.17) is 6.42 Å². The van der Waals surface area contributed by atoms with Gasteiger partial charge in [0.2, 0.25) is 5.91 Å². The van der Waals surface area contributed by atoms with E-state index in [-0.39, 0.29) is 17.7 Å². The number of carbonyl (C=O) groups is 1. The van der Waals surface area contributed by atoms with E-state index in [0.29, 0.717) is 0 Å². The molecule has 4 heteroatoms. The summed E-state index contributed by atoms with van der Waals surface area (Å²) in [6.07, 6.45) is 5.11. The van der Waals surface area contributed by atoms with Gasteiger partial charge >= 0.3 is 0 Å². The Morgan fingerprint density at radius 2 is 2.11 bits per heavy atom. The molecule has 0 fully saturated rings. The van der Waals surface area contributed by atoms with Crippen LogP contribution in [0.4, 0.5) is 0 Å². The Labute approximate surface area is 119 Å². The van der Waals surface area contributed by atoms with Crippen molar-refractivity contribution in [2.45, 2.75) is 30.5 Å². The Morgan fingerprint density at radius 3 is 2.68 bits per heavy atom. The van der Waals surface area contributed by atoms with Crippen LogP contribution < -0.4 is 10.6 Å². The number of benzene rings is 1. The van der Waals surface area contributed by atoms with Crippen molar-refractivity contribution in [1.29, 1.82) is 0 Å². The highest BCUT2D eigenvalue weighted by atomic mass is 32.2. The molecule has 0 aliphatic rings. The highest BCUT2D eigenvalue weighted by Gasteiger charge is 2.13. The van der Waals surface area contributed by atoms with E-state index in [9.17, 15) is 4.79 Å². The number of thioether (sulfide) groups is 1. The number of amides is 1. The molecule has 0 heterocycles. The quantitative estimate of drug-likeness (QED) is 0.591. The van der Waals surface area contributed by atoms with Gasteiger partial charge in [0.05, 0.1) is 11.8 Å². The molecule has 0 saturated carbocycles. The van der Waals surface area contributed by atoms with Gasteiger partial charge in [0.25, 0.3) is 0 Å². The van der Waals surface area contributed by atoms with Crippen LogP contribution in [0.15, 0.2) is 29.2 Å². The Bertz CT molecular complexity index is 436. The van der Waals surface area contributed by atoms with Crippen molar-refractivity contribution in [2.75, 3.05) is 13.1 Å². The first-order valence-electron chi connectivity index (χ1n) is 6.34. The molecule has 0 radical (unpaired) electrons. The summed E-state index contributed by atoms with van der Waals surface area (Å²) < 4.78 is 0. The van der Waals surface area contributed by atoms with E-state index in [1.807, 2.05) is 19.1 Å². The van der Waals surface area contributed by atoms with Gasteiger partial charge in [-0.3, -0.25) is 4.79 Å². The molecule has 0 spiro atoms. The molecule has 1 amide bonds. The molecule has 0 saturated heterocycles. The van der Waals surface area contributed by atoms with Crippen LogP contribution in [0.25, 0.3) is 0 Å². The Morgan fingerprint density at radius 1 is 1.42 bits per heavy atom. The summed E-state index contributed by atoms with van der Waals surface area (Å²) in [6.45, 7) is 6.08. The molecule has 0 aromatic heterocycles. The summed E-state index contributed by atoms with van der Waals surface area (Å²) in [5, 5.41) is 5.82. The normalized spacial score (nSPS) is 11.6. The predicted molar refractivity (Wildman–Crippen MR) is 81.0 cm³/mol. The lowest BCUT2D eigenvalue weighted by atomic mass is 10.2. The van der Waals surface area contributed by atoms with Crippen LogP contribution in [0.5, 0.6) is 0 Å². The third-order valence-corrected chi connectivity index (χ3v) is 3.66. The summed E-state index contributed by atoms with van der Waals surface area (Å²) >= 11 is 1.53. The summed E-state index contributed by atoms with van der Waals surface area (Å²) in [5.74, 6) is 2.37. The zero-order chi connectivity index (χ0) is 14.1. The smallest absolute Gasteiger partial charge is 0.233 e. The molecule has 19 heavy (non-hydrogen) atoms. The van der Waals surface area contributed by atoms with Crippen molar-refractivity contribution in [1.82, 2.24) is 10.6 Å². The fraction of sp³-hybridized carbons (Fsp3) is 0.400. The predicted octanol–water partition coefficient (Wildman–Crippen LogP) is 2.03. The molecular weight excluding hydrogens is 256 g/mol. The first-order valence-corrected chi connectivity index (χ1v) is 7.22. The third-order valence-electron chi connectivity index (χ3n) is 2.55. The molecule has 102 valence electrons. The van der Waals surface area contributed by atoms with Gasteiger partial charge in [-0.15, -0.1) is 18.2 Å². The van der Waals surface area contributed by atoms with E-state index in [1.54, 1.807) is 0 Å². The van der Waals surface area contributed by atoms with Crippen LogP contribution in [-0.4, -0.2) is 24.2 Å². The first-order chi connectivity index (χ1) is 9.17. The Hall–Kier alpha value is -1.44. The van der Waals surface area contributed by atoms with Gasteiger partial charge < -0.3 is 10.6 Å². The molecule has 0 aliphatic heterocycles. The second kappa shape index (κ2) is 8.63. The first kappa shape index (κ1) is 15.6. The molecule has 1 atom stereocenters. The number of rotatable bonds is 7. The fourth-order valence-corrected chi connectivity index (χ4v) is 2.39. The Balaban J connectivity index is 2.48. The van der Waals surface area contributed by atoms with E-state index >= 15 is 0 Å². The topological polar surface area (TPSA) is 41.1 Å². The van der Waals surface area contributed by atoms with Crippen LogP contribution in [-0.2, 0) is 11.3 Å². The molecule has 2 N–H and O–H groups in total. The van der Waals surface area contributed by atoms with Gasteiger partial charge in [-0.25, -0.2) is 0 Å². The van der Waals surface area contributed by atoms with Crippen molar-refractivity contribution in [2.24, 2.45) is 0 Å². The van der Waals surface area contributed by atoms with Gasteiger partial charge in [-0.2, -0.15) is 0 Å². The minimum Gasteiger partial charge on any atom is -0.344 e. The van der Waals surface area contributed by atoms with Crippen molar-refractivity contribution in [3.05, 3.63) is 29.8 Å². The summed E-state index contributed by atoms with van der Waals surface area (Å²) in [7, 11) is 0. The van der Waals surface area contributed by atoms with Gasteiger partial charge in [-0.1, -0.05) is 25.0 Å². The average Bonchev–Trinajstić information content (AvgIpc) is 2.43. The minimum absolute atomic E-state index is 0.0281. The van der Waals surface area contributed by atoms with Gasteiger partial charge in [0, 0.05) is 11.4 Å². The maximum Gasteiger partial charge on any atom is 0.233 e. The molecule has 1 unspecified atom stereocenters. The number of terminal acetylenes is 1. The molecule has 1 rings (SSSR count). The van der Waals surface area contributed by atoms with Crippen LogP contribution in [0.1, 0.15) is 19.4 Å². The zero-order valence-corrected chi connectivity index (χ0v) is 12.2. The largest absolute Gasteiger partial charge is 0.344 e. The van der Waals surface area contributed by atoms with E-state index in [0.717, 1.165) is 18.0 Å². The zero-order valence-electron chi connectivity index (χ0n) is 11.4. The lowest BCUT2D eigenvalue weighted by molar-refractivity contribution is -0.120. The Kier molecular flexibility index (Phi) is 7.09. The van der Waals surface area contributed by atoms with Crippen LogP contribution in [0.2, 0.25) is 0 Å². The maximum atomic E-state index is 11.7. The maximum absolute atomic E-state index is 11.7. The summed E-state index contributed by atoms with van der Waals surface area (Å²) in [5.41, 5.74) is 1.25. The standard InChI is InChI=1S/C15H20N2OS/c1-4-10-17-15(18)12(3)19-14-8-6-13(7-9-14)11-16-5-2/h1,6-9,12,16H,5,10-11H2,2-3H3,(H,17,18). The van der Waals surface area contributed by atoms with Crippen molar-refractivity contribution >= 4 is 17.7 Å². The highest BCUT2D eigenvalue weighted by molar-refractivity contribution is 8.00. The number of hydrogen-bond acceptors (Lipinski definition) is 3.